The fraction of sp³-hybridized carbons (Fsp3) is 0.538. The number of anilines is 1. The zero-order chi connectivity index (χ0) is 12.4. The monoisotopic (exact) mass is 298 g/mol. The van der Waals surface area contributed by atoms with Crippen LogP contribution in [0.15, 0.2) is 22.7 Å². The molecule has 0 amide bonds. The molecule has 1 fully saturated rings. The first-order valence-electron chi connectivity index (χ1n) is 5.96. The molecule has 0 saturated carbocycles. The van der Waals surface area contributed by atoms with Crippen molar-refractivity contribution in [3.8, 4) is 0 Å². The molecule has 1 heterocycles. The smallest absolute Gasteiger partial charge is 0.0678 e. The SMILES string of the molecule is C[C@@H]1CN(Cc2cc(N)ccc2Br)C[C@H](C)O1. The van der Waals surface area contributed by atoms with Crippen LogP contribution in [0.3, 0.4) is 0 Å². The molecule has 2 rings (SSSR count). The number of halogens is 1. The minimum atomic E-state index is 0.304. The van der Waals surface area contributed by atoms with Crippen LogP contribution in [-0.4, -0.2) is 30.2 Å². The molecule has 1 saturated heterocycles. The second kappa shape index (κ2) is 5.38. The van der Waals surface area contributed by atoms with Gasteiger partial charge in [0.2, 0.25) is 0 Å². The van der Waals surface area contributed by atoms with Gasteiger partial charge in [0, 0.05) is 29.8 Å². The van der Waals surface area contributed by atoms with Gasteiger partial charge in [0.05, 0.1) is 12.2 Å². The molecule has 2 atom stereocenters. The van der Waals surface area contributed by atoms with Crippen molar-refractivity contribution in [2.24, 2.45) is 0 Å². The van der Waals surface area contributed by atoms with Crippen molar-refractivity contribution in [2.45, 2.75) is 32.6 Å². The minimum Gasteiger partial charge on any atom is -0.399 e. The van der Waals surface area contributed by atoms with Gasteiger partial charge in [-0.25, -0.2) is 0 Å². The molecular weight excluding hydrogens is 280 g/mol. The van der Waals surface area contributed by atoms with E-state index in [0.29, 0.717) is 12.2 Å². The van der Waals surface area contributed by atoms with E-state index in [1.165, 1.54) is 5.56 Å². The first-order valence-corrected chi connectivity index (χ1v) is 6.75. The third-order valence-corrected chi connectivity index (χ3v) is 3.73. The van der Waals surface area contributed by atoms with Crippen molar-refractivity contribution in [1.82, 2.24) is 4.90 Å². The first-order chi connectivity index (χ1) is 8.04. The second-order valence-corrected chi connectivity index (χ2v) is 5.66. The lowest BCUT2D eigenvalue weighted by Crippen LogP contribution is -2.44. The minimum absolute atomic E-state index is 0.304. The standard InChI is InChI=1S/C13H19BrN2O/c1-9-6-16(7-10(2)17-9)8-11-5-12(15)3-4-13(11)14/h3-5,9-10H,6-8,15H2,1-2H3/t9-,10+. The molecule has 17 heavy (non-hydrogen) atoms. The number of hydrogen-bond acceptors (Lipinski definition) is 3. The van der Waals surface area contributed by atoms with Gasteiger partial charge in [0.25, 0.3) is 0 Å². The number of hydrogen-bond donors (Lipinski definition) is 1. The Kier molecular flexibility index (Phi) is 4.07. The Morgan fingerprint density at radius 3 is 2.65 bits per heavy atom. The highest BCUT2D eigenvalue weighted by Crippen LogP contribution is 2.22. The van der Waals surface area contributed by atoms with E-state index in [1.54, 1.807) is 0 Å². The van der Waals surface area contributed by atoms with Crippen LogP contribution in [0.25, 0.3) is 0 Å². The molecule has 2 N–H and O–H groups in total. The van der Waals surface area contributed by atoms with E-state index in [1.807, 2.05) is 18.2 Å². The topological polar surface area (TPSA) is 38.5 Å². The third kappa shape index (κ3) is 3.44. The molecule has 0 spiro atoms. The summed E-state index contributed by atoms with van der Waals surface area (Å²) in [6.07, 6.45) is 0.608. The van der Waals surface area contributed by atoms with E-state index in [4.69, 9.17) is 10.5 Å². The van der Waals surface area contributed by atoms with E-state index in [2.05, 4.69) is 34.7 Å². The Morgan fingerprint density at radius 2 is 2.00 bits per heavy atom. The number of morpholine rings is 1. The van der Waals surface area contributed by atoms with Gasteiger partial charge in [0.15, 0.2) is 0 Å². The van der Waals surface area contributed by atoms with Crippen LogP contribution in [0.5, 0.6) is 0 Å². The van der Waals surface area contributed by atoms with Gasteiger partial charge in [-0.1, -0.05) is 15.9 Å². The molecule has 1 aromatic carbocycles. The first kappa shape index (κ1) is 12.9. The van der Waals surface area contributed by atoms with E-state index < -0.39 is 0 Å². The summed E-state index contributed by atoms with van der Waals surface area (Å²) in [5.41, 5.74) is 7.88. The maximum atomic E-state index is 5.82. The summed E-state index contributed by atoms with van der Waals surface area (Å²) >= 11 is 3.57. The molecule has 0 radical (unpaired) electrons. The Bertz CT molecular complexity index is 387. The molecule has 4 heteroatoms. The van der Waals surface area contributed by atoms with Crippen molar-refractivity contribution < 1.29 is 4.74 Å². The summed E-state index contributed by atoms with van der Waals surface area (Å²) < 4.78 is 6.85. The Labute approximate surface area is 111 Å². The van der Waals surface area contributed by atoms with E-state index >= 15 is 0 Å². The van der Waals surface area contributed by atoms with Crippen molar-refractivity contribution in [2.75, 3.05) is 18.8 Å². The summed E-state index contributed by atoms with van der Waals surface area (Å²) in [7, 11) is 0. The van der Waals surface area contributed by atoms with Crippen molar-refractivity contribution in [3.63, 3.8) is 0 Å². The number of nitrogen functional groups attached to an aromatic ring is 1. The molecule has 1 aromatic rings. The number of ether oxygens (including phenoxy) is 1. The molecule has 0 bridgehead atoms. The van der Waals surface area contributed by atoms with Crippen LogP contribution in [-0.2, 0) is 11.3 Å². The van der Waals surface area contributed by atoms with Gasteiger partial charge in [-0.15, -0.1) is 0 Å². The van der Waals surface area contributed by atoms with Gasteiger partial charge in [-0.3, -0.25) is 4.90 Å². The predicted molar refractivity (Wildman–Crippen MR) is 73.8 cm³/mol. The number of nitrogens with zero attached hydrogens (tertiary/aromatic N) is 1. The van der Waals surface area contributed by atoms with Gasteiger partial charge in [0.1, 0.15) is 0 Å². The van der Waals surface area contributed by atoms with Crippen LogP contribution in [0.1, 0.15) is 19.4 Å². The highest BCUT2D eigenvalue weighted by Gasteiger charge is 2.22. The predicted octanol–water partition coefficient (Wildman–Crippen LogP) is 2.64. The lowest BCUT2D eigenvalue weighted by molar-refractivity contribution is -0.0705. The van der Waals surface area contributed by atoms with Crippen LogP contribution < -0.4 is 5.73 Å². The highest BCUT2D eigenvalue weighted by molar-refractivity contribution is 9.10. The Hall–Kier alpha value is -0.580. The van der Waals surface area contributed by atoms with Crippen LogP contribution in [0.2, 0.25) is 0 Å². The van der Waals surface area contributed by atoms with Gasteiger partial charge < -0.3 is 10.5 Å². The molecule has 3 nitrogen and oxygen atoms in total. The molecule has 1 aliphatic heterocycles. The number of benzene rings is 1. The molecule has 94 valence electrons. The largest absolute Gasteiger partial charge is 0.399 e. The number of rotatable bonds is 2. The van der Waals surface area contributed by atoms with Crippen LogP contribution in [0, 0.1) is 0 Å². The van der Waals surface area contributed by atoms with E-state index in [-0.39, 0.29) is 0 Å². The highest BCUT2D eigenvalue weighted by atomic mass is 79.9. The van der Waals surface area contributed by atoms with E-state index in [0.717, 1.165) is 29.8 Å². The van der Waals surface area contributed by atoms with Gasteiger partial charge in [-0.05, 0) is 37.6 Å². The average Bonchev–Trinajstić information content (AvgIpc) is 2.22. The Morgan fingerprint density at radius 1 is 1.35 bits per heavy atom. The maximum absolute atomic E-state index is 5.82. The molecular formula is C13H19BrN2O. The lowest BCUT2D eigenvalue weighted by atomic mass is 10.1. The van der Waals surface area contributed by atoms with Crippen molar-refractivity contribution in [3.05, 3.63) is 28.2 Å². The molecule has 1 aliphatic rings. The maximum Gasteiger partial charge on any atom is 0.0678 e. The lowest BCUT2D eigenvalue weighted by Gasteiger charge is -2.35. The van der Waals surface area contributed by atoms with Crippen LogP contribution >= 0.6 is 15.9 Å². The van der Waals surface area contributed by atoms with Gasteiger partial charge in [-0.2, -0.15) is 0 Å². The summed E-state index contributed by atoms with van der Waals surface area (Å²) in [5.74, 6) is 0. The summed E-state index contributed by atoms with van der Waals surface area (Å²) in [6.45, 7) is 7.12. The Balaban J connectivity index is 2.07. The average molecular weight is 299 g/mol. The normalized spacial score (nSPS) is 26.1. The zero-order valence-corrected chi connectivity index (χ0v) is 11.9. The fourth-order valence-electron chi connectivity index (χ4n) is 2.37. The van der Waals surface area contributed by atoms with E-state index in [9.17, 15) is 0 Å². The van der Waals surface area contributed by atoms with Crippen LogP contribution in [0.4, 0.5) is 5.69 Å². The quantitative estimate of drug-likeness (QED) is 0.853. The molecule has 0 aliphatic carbocycles. The number of nitrogens with two attached hydrogens (primary N) is 1. The summed E-state index contributed by atoms with van der Waals surface area (Å²) in [6, 6.07) is 5.96. The molecule has 0 aromatic heterocycles. The fourth-order valence-corrected chi connectivity index (χ4v) is 2.74. The summed E-state index contributed by atoms with van der Waals surface area (Å²) in [5, 5.41) is 0. The third-order valence-electron chi connectivity index (χ3n) is 2.96. The second-order valence-electron chi connectivity index (χ2n) is 4.80. The summed E-state index contributed by atoms with van der Waals surface area (Å²) in [4.78, 5) is 2.42. The van der Waals surface area contributed by atoms with Crippen molar-refractivity contribution in [1.29, 1.82) is 0 Å². The van der Waals surface area contributed by atoms with Crippen molar-refractivity contribution >= 4 is 21.6 Å². The zero-order valence-electron chi connectivity index (χ0n) is 10.3. The molecule has 0 unspecified atom stereocenters. The van der Waals surface area contributed by atoms with Gasteiger partial charge >= 0.3 is 0 Å².